The molecule has 0 fully saturated rings. The van der Waals surface area contributed by atoms with Gasteiger partial charge in [0.2, 0.25) is 11.7 Å². The average Bonchev–Trinajstić information content (AvgIpc) is 3.30. The van der Waals surface area contributed by atoms with Gasteiger partial charge in [-0.25, -0.2) is 9.97 Å². The highest BCUT2D eigenvalue weighted by atomic mass is 16.5. The molecule has 3 aromatic rings. The Bertz CT molecular complexity index is 1230. The lowest BCUT2D eigenvalue weighted by Gasteiger charge is -2.15. The first kappa shape index (κ1) is 19.6. The number of ether oxygens (including phenoxy) is 2. The topological polar surface area (TPSA) is 153 Å². The van der Waals surface area contributed by atoms with Gasteiger partial charge in [0, 0.05) is 42.6 Å². The molecule has 2 amide bonds. The van der Waals surface area contributed by atoms with E-state index in [1.165, 1.54) is 19.4 Å². The third-order valence-corrected chi connectivity index (χ3v) is 4.35. The van der Waals surface area contributed by atoms with Crippen LogP contribution in [0.5, 0.6) is 5.75 Å². The van der Waals surface area contributed by atoms with E-state index in [0.29, 0.717) is 12.2 Å². The maximum atomic E-state index is 12.7. The largest absolute Gasteiger partial charge is 0.492 e. The summed E-state index contributed by atoms with van der Waals surface area (Å²) >= 11 is 0. The van der Waals surface area contributed by atoms with E-state index >= 15 is 0 Å². The van der Waals surface area contributed by atoms with Crippen LogP contribution in [0.2, 0.25) is 0 Å². The summed E-state index contributed by atoms with van der Waals surface area (Å²) in [6.07, 6.45) is 2.81. The van der Waals surface area contributed by atoms with Gasteiger partial charge >= 0.3 is 0 Å². The lowest BCUT2D eigenvalue weighted by atomic mass is 10.2. The normalized spacial score (nSPS) is 12.3. The van der Waals surface area contributed by atoms with E-state index in [-0.39, 0.29) is 59.3 Å². The van der Waals surface area contributed by atoms with E-state index in [9.17, 15) is 9.59 Å². The summed E-state index contributed by atoms with van der Waals surface area (Å²) in [5.41, 5.74) is 0.447. The van der Waals surface area contributed by atoms with Crippen LogP contribution >= 0.6 is 0 Å². The lowest BCUT2D eigenvalue weighted by molar-refractivity contribution is -0.115. The van der Waals surface area contributed by atoms with E-state index in [1.807, 2.05) is 12.2 Å². The number of nitrogens with one attached hydrogen (secondary N) is 3. The first-order chi connectivity index (χ1) is 17.1. The van der Waals surface area contributed by atoms with Crippen LogP contribution in [0.3, 0.4) is 0 Å². The zero-order valence-corrected chi connectivity index (χ0v) is 18.3. The molecule has 0 atom stereocenters. The Labute approximate surface area is 194 Å². The van der Waals surface area contributed by atoms with E-state index in [1.54, 1.807) is 13.0 Å². The Morgan fingerprint density at radius 2 is 2.12 bits per heavy atom. The molecule has 3 N–H and O–H groups in total. The first-order valence-corrected chi connectivity index (χ1v) is 9.98. The Morgan fingerprint density at radius 3 is 2.85 bits per heavy atom. The number of carbonyl (C=O) groups is 2. The third kappa shape index (κ3) is 5.60. The fourth-order valence-corrected chi connectivity index (χ4v) is 2.77. The molecule has 0 aromatic carbocycles. The number of hydrogen-bond donors (Lipinski definition) is 3. The molecule has 0 unspecified atom stereocenters. The van der Waals surface area contributed by atoms with E-state index < -0.39 is 12.9 Å². The van der Waals surface area contributed by atoms with Crippen LogP contribution in [-0.4, -0.2) is 52.6 Å². The minimum absolute atomic E-state index is 0.103. The van der Waals surface area contributed by atoms with E-state index in [4.69, 9.17) is 18.1 Å². The molecule has 12 nitrogen and oxygen atoms in total. The van der Waals surface area contributed by atoms with Gasteiger partial charge in [-0.05, 0) is 13.0 Å². The summed E-state index contributed by atoms with van der Waals surface area (Å²) in [5, 5.41) is 11.4. The highest BCUT2D eigenvalue weighted by Crippen LogP contribution is 2.36. The minimum atomic E-state index is -2.73. The standard InChI is InChI=1S/C21H25N7O5/c1-5-16(29)26-15-9-14(13(10-24-15)21(30)22-3)25-20-18(31-4)12(7-8-23-20)19-27-17(33-28-19)11-32-6-2/h7-10H,5-6,11H2,1-4H3,(H,22,30)(H2,23,24,25,26,29)/i3D3. The monoisotopic (exact) mass is 458 g/mol. The second-order valence-electron chi connectivity index (χ2n) is 6.49. The molecule has 3 rings (SSSR count). The predicted molar refractivity (Wildman–Crippen MR) is 119 cm³/mol. The number of anilines is 3. The molecular weight excluding hydrogens is 430 g/mol. The quantitative estimate of drug-likeness (QED) is 0.413. The number of carbonyl (C=O) groups excluding carboxylic acids is 2. The van der Waals surface area contributed by atoms with Gasteiger partial charge in [-0.3, -0.25) is 9.59 Å². The Kier molecular flexibility index (Phi) is 6.54. The summed E-state index contributed by atoms with van der Waals surface area (Å²) in [5.74, 6) is -0.193. The molecule has 174 valence electrons. The summed E-state index contributed by atoms with van der Waals surface area (Å²) in [6.45, 7) is 1.41. The molecule has 0 aliphatic carbocycles. The number of pyridine rings is 2. The first-order valence-electron chi connectivity index (χ1n) is 11.5. The summed E-state index contributed by atoms with van der Waals surface area (Å²) in [6, 6.07) is 2.99. The van der Waals surface area contributed by atoms with Crippen molar-refractivity contribution in [2.24, 2.45) is 0 Å². The van der Waals surface area contributed by atoms with Crippen LogP contribution < -0.4 is 20.7 Å². The second-order valence-corrected chi connectivity index (χ2v) is 6.49. The molecule has 3 aromatic heterocycles. The van der Waals surface area contributed by atoms with Gasteiger partial charge in [-0.1, -0.05) is 12.1 Å². The third-order valence-electron chi connectivity index (χ3n) is 4.35. The molecule has 0 aliphatic heterocycles. The molecular formula is C21H25N7O5. The smallest absolute Gasteiger partial charge is 0.254 e. The van der Waals surface area contributed by atoms with Crippen molar-refractivity contribution >= 4 is 29.1 Å². The zero-order valence-electron chi connectivity index (χ0n) is 21.3. The van der Waals surface area contributed by atoms with E-state index in [2.05, 4.69) is 30.7 Å². The van der Waals surface area contributed by atoms with Gasteiger partial charge in [-0.15, -0.1) is 0 Å². The summed E-state index contributed by atoms with van der Waals surface area (Å²) < 4.78 is 38.0. The molecule has 3 heterocycles. The van der Waals surface area contributed by atoms with Crippen LogP contribution in [-0.2, 0) is 16.1 Å². The van der Waals surface area contributed by atoms with E-state index in [0.717, 1.165) is 6.20 Å². The molecule has 0 bridgehead atoms. The van der Waals surface area contributed by atoms with Gasteiger partial charge in [0.15, 0.2) is 11.6 Å². The van der Waals surface area contributed by atoms with Crippen molar-refractivity contribution in [3.63, 3.8) is 0 Å². The molecule has 0 radical (unpaired) electrons. The number of hydrogen-bond acceptors (Lipinski definition) is 10. The molecule has 0 aliphatic rings. The fraction of sp³-hybridized carbons (Fsp3) is 0.333. The van der Waals surface area contributed by atoms with Crippen molar-refractivity contribution in [1.29, 1.82) is 0 Å². The highest BCUT2D eigenvalue weighted by Gasteiger charge is 2.20. The van der Waals surface area contributed by atoms with Crippen molar-refractivity contribution < 1.29 is 27.7 Å². The number of methoxy groups -OCH3 is 1. The minimum Gasteiger partial charge on any atom is -0.492 e. The Balaban J connectivity index is 2.01. The van der Waals surface area contributed by atoms with Gasteiger partial charge in [0.1, 0.15) is 12.4 Å². The highest BCUT2D eigenvalue weighted by molar-refractivity contribution is 6.01. The van der Waals surface area contributed by atoms with Crippen LogP contribution in [0.4, 0.5) is 17.3 Å². The fourth-order valence-electron chi connectivity index (χ4n) is 2.77. The van der Waals surface area contributed by atoms with Crippen molar-refractivity contribution in [3.8, 4) is 17.1 Å². The molecule has 0 saturated carbocycles. The molecule has 33 heavy (non-hydrogen) atoms. The maximum absolute atomic E-state index is 12.7. The van der Waals surface area contributed by atoms with Crippen LogP contribution in [0, 0.1) is 0 Å². The van der Waals surface area contributed by atoms with Gasteiger partial charge in [0.05, 0.1) is 23.9 Å². The molecule has 0 saturated heterocycles. The van der Waals surface area contributed by atoms with Crippen molar-refractivity contribution in [3.05, 3.63) is 36.0 Å². The van der Waals surface area contributed by atoms with Gasteiger partial charge < -0.3 is 29.9 Å². The van der Waals surface area contributed by atoms with Crippen LogP contribution in [0.25, 0.3) is 11.4 Å². The Morgan fingerprint density at radius 1 is 1.27 bits per heavy atom. The number of nitrogens with zero attached hydrogens (tertiary/aromatic N) is 4. The molecule has 0 spiro atoms. The van der Waals surface area contributed by atoms with Crippen molar-refractivity contribution in [1.82, 2.24) is 25.4 Å². The molecule has 12 heteroatoms. The van der Waals surface area contributed by atoms with Crippen LogP contribution in [0.15, 0.2) is 29.0 Å². The predicted octanol–water partition coefficient (Wildman–Crippen LogP) is 2.52. The van der Waals surface area contributed by atoms with Crippen molar-refractivity contribution in [2.45, 2.75) is 26.9 Å². The summed E-state index contributed by atoms with van der Waals surface area (Å²) in [4.78, 5) is 37.1. The van der Waals surface area contributed by atoms with Crippen LogP contribution in [0.1, 0.15) is 40.6 Å². The number of rotatable bonds is 10. The van der Waals surface area contributed by atoms with Crippen molar-refractivity contribution in [2.75, 3.05) is 31.3 Å². The Hall–Kier alpha value is -4.06. The maximum Gasteiger partial charge on any atom is 0.254 e. The number of amides is 2. The number of aromatic nitrogens is 4. The summed E-state index contributed by atoms with van der Waals surface area (Å²) in [7, 11) is 1.41. The lowest BCUT2D eigenvalue weighted by Crippen LogP contribution is -2.20. The zero-order chi connectivity index (χ0) is 26.3. The SMILES string of the molecule is [2H]C([2H])([2H])NC(=O)c1cnc(NC(=O)CC)cc1Nc1nccc(-c2noc(COCC)n2)c1OC. The second kappa shape index (κ2) is 11.0. The van der Waals surface area contributed by atoms with Gasteiger partial charge in [0.25, 0.3) is 11.8 Å². The van der Waals surface area contributed by atoms with Gasteiger partial charge in [-0.2, -0.15) is 4.98 Å². The average molecular weight is 458 g/mol.